The van der Waals surface area contributed by atoms with Crippen LogP contribution in [0.4, 0.5) is 11.4 Å². The van der Waals surface area contributed by atoms with Crippen molar-refractivity contribution in [2.24, 2.45) is 0 Å². The van der Waals surface area contributed by atoms with Crippen LogP contribution < -0.4 is 9.80 Å². The fourth-order valence-electron chi connectivity index (χ4n) is 9.73. The molecule has 0 atom stereocenters. The van der Waals surface area contributed by atoms with Gasteiger partial charge >= 0.3 is 5.97 Å². The molecule has 5 rings (SSSR count). The highest BCUT2D eigenvalue weighted by atomic mass is 32.2. The van der Waals surface area contributed by atoms with Crippen molar-refractivity contribution in [2.75, 3.05) is 123 Å². The maximum Gasteiger partial charge on any atom is 0.306 e. The van der Waals surface area contributed by atoms with Gasteiger partial charge in [-0.2, -0.15) is 8.42 Å². The molecule has 0 aromatic heterocycles. The second kappa shape index (κ2) is 27.3. The molecule has 15 nitrogen and oxygen atoms in total. The molecule has 1 saturated carbocycles. The van der Waals surface area contributed by atoms with Crippen LogP contribution in [-0.2, 0) is 58.9 Å². The van der Waals surface area contributed by atoms with Crippen LogP contribution in [0.2, 0.25) is 0 Å². The number of nitrogens with zero attached hydrogens (tertiary/aromatic N) is 3. The average Bonchev–Trinajstić information content (AvgIpc) is 3.66. The molecule has 16 heteroatoms. The molecule has 2 aromatic rings. The van der Waals surface area contributed by atoms with E-state index in [4.69, 9.17) is 33.2 Å². The monoisotopic (exact) mass is 1020 g/mol. The quantitative estimate of drug-likeness (QED) is 0.0362. The number of esters is 1. The van der Waals surface area contributed by atoms with E-state index in [-0.39, 0.29) is 29.3 Å². The molecule has 0 radical (unpaired) electrons. The second-order valence-electron chi connectivity index (χ2n) is 20.6. The van der Waals surface area contributed by atoms with E-state index in [1.165, 1.54) is 17.2 Å². The van der Waals surface area contributed by atoms with Gasteiger partial charge in [0.25, 0.3) is 10.1 Å². The number of rotatable bonds is 28. The molecule has 2 aliphatic heterocycles. The van der Waals surface area contributed by atoms with E-state index in [2.05, 4.69) is 91.5 Å². The smallest absolute Gasteiger partial charge is 0.306 e. The minimum absolute atomic E-state index is 0.0124. The van der Waals surface area contributed by atoms with Gasteiger partial charge in [-0.3, -0.25) is 9.35 Å². The molecule has 0 saturated heterocycles. The molecule has 0 amide bonds. The molecule has 0 spiro atoms. The summed E-state index contributed by atoms with van der Waals surface area (Å²) in [4.78, 5) is 17.4. The van der Waals surface area contributed by atoms with Crippen LogP contribution in [0, 0.1) is 6.92 Å². The van der Waals surface area contributed by atoms with Crippen molar-refractivity contribution in [2.45, 2.75) is 115 Å². The normalized spacial score (nSPS) is 19.5. The molecule has 400 valence electrons. The molecular formula is C56H84N3O12S+. The van der Waals surface area contributed by atoms with Crippen LogP contribution >= 0.6 is 0 Å². The van der Waals surface area contributed by atoms with Crippen molar-refractivity contribution >= 4 is 33.2 Å². The first-order valence-corrected chi connectivity index (χ1v) is 27.0. The molecule has 2 aromatic carbocycles. The first-order chi connectivity index (χ1) is 34.2. The Morgan fingerprint density at radius 2 is 1.17 bits per heavy atom. The third kappa shape index (κ3) is 16.1. The van der Waals surface area contributed by atoms with Crippen molar-refractivity contribution in [1.82, 2.24) is 0 Å². The van der Waals surface area contributed by atoms with Crippen LogP contribution in [-0.4, -0.2) is 153 Å². The number of aliphatic hydroxyl groups is 1. The van der Waals surface area contributed by atoms with Gasteiger partial charge in [0.15, 0.2) is 0 Å². The Kier molecular flexibility index (Phi) is 22.3. The molecule has 0 unspecified atom stereocenters. The van der Waals surface area contributed by atoms with Gasteiger partial charge in [0.1, 0.15) is 18.7 Å². The van der Waals surface area contributed by atoms with Crippen LogP contribution in [0.3, 0.4) is 0 Å². The number of hydrogen-bond acceptors (Lipinski definition) is 13. The fraction of sp³-hybridized carbons (Fsp3) is 0.607. The lowest BCUT2D eigenvalue weighted by Gasteiger charge is -2.28. The Morgan fingerprint density at radius 3 is 1.65 bits per heavy atom. The molecular weight excluding hydrogens is 939 g/mol. The lowest BCUT2D eigenvalue weighted by Crippen LogP contribution is -2.31. The predicted molar refractivity (Wildman–Crippen MR) is 283 cm³/mol. The highest BCUT2D eigenvalue weighted by Crippen LogP contribution is 2.50. The number of aryl methyl sites for hydroxylation is 1. The minimum atomic E-state index is -4.46. The lowest BCUT2D eigenvalue weighted by molar-refractivity contribution is -0.528. The van der Waals surface area contributed by atoms with Gasteiger partial charge in [-0.25, -0.2) is 4.58 Å². The van der Waals surface area contributed by atoms with E-state index < -0.39 is 21.1 Å². The summed E-state index contributed by atoms with van der Waals surface area (Å²) in [6.45, 7) is 23.5. The van der Waals surface area contributed by atoms with Gasteiger partial charge in [0.05, 0.1) is 77.4 Å². The molecule has 2 N–H and O–H groups in total. The van der Waals surface area contributed by atoms with E-state index in [0.29, 0.717) is 105 Å². The van der Waals surface area contributed by atoms with E-state index in [9.17, 15) is 22.9 Å². The standard InChI is InChI=1S/C56H83N3O12S/c1-42-17-21-48-46(40-42)55(5,6)50(58(48)27-30-67-36-38-69-34-32-65-9)23-18-43-14-11-15-44(53(43)57(26-13-29-60)25-12-16-52(61)71-54(2,3)4)19-24-51-56(7,8)47-41-45(72(62,63)64)20-22-49(47)59(51)28-31-68-37-39-70-35-33-66-10/h17-24,40-41,60H,11-16,25-39H2,1-10H3/p+1. The van der Waals surface area contributed by atoms with E-state index >= 15 is 0 Å². The summed E-state index contributed by atoms with van der Waals surface area (Å²) in [6.07, 6.45) is 12.7. The number of fused-ring (bicyclic) bond motifs is 2. The molecule has 0 bridgehead atoms. The number of anilines is 2. The molecule has 1 fully saturated rings. The van der Waals surface area contributed by atoms with Crippen molar-refractivity contribution in [3.8, 4) is 0 Å². The van der Waals surface area contributed by atoms with Crippen molar-refractivity contribution < 1.29 is 60.6 Å². The first kappa shape index (κ1) is 58.7. The Morgan fingerprint density at radius 1 is 0.694 bits per heavy atom. The zero-order chi connectivity index (χ0) is 52.5. The van der Waals surface area contributed by atoms with Crippen molar-refractivity contribution in [3.05, 3.63) is 99.9 Å². The number of aliphatic hydroxyl groups excluding tert-OH is 1. The number of methoxy groups -OCH3 is 2. The summed E-state index contributed by atoms with van der Waals surface area (Å²) in [5.74, 6) is -0.247. The van der Waals surface area contributed by atoms with Crippen molar-refractivity contribution in [1.29, 1.82) is 0 Å². The van der Waals surface area contributed by atoms with Crippen LogP contribution in [0.1, 0.15) is 104 Å². The summed E-state index contributed by atoms with van der Waals surface area (Å²) >= 11 is 0. The zero-order valence-electron chi connectivity index (χ0n) is 44.8. The van der Waals surface area contributed by atoms with Crippen LogP contribution in [0.25, 0.3) is 0 Å². The fourth-order valence-corrected chi connectivity index (χ4v) is 10.2. The number of ether oxygens (including phenoxy) is 7. The van der Waals surface area contributed by atoms with E-state index in [0.717, 1.165) is 64.5 Å². The summed E-state index contributed by atoms with van der Waals surface area (Å²) in [7, 11) is -1.17. The number of hydrogen-bond donors (Lipinski definition) is 2. The minimum Gasteiger partial charge on any atom is -0.460 e. The Labute approximate surface area is 430 Å². The van der Waals surface area contributed by atoms with Crippen LogP contribution in [0.5, 0.6) is 0 Å². The maximum atomic E-state index is 13.0. The number of carbonyl (C=O) groups is 1. The number of allylic oxidation sites excluding steroid dienone is 8. The predicted octanol–water partition coefficient (Wildman–Crippen LogP) is 8.26. The zero-order valence-corrected chi connectivity index (χ0v) is 45.7. The van der Waals surface area contributed by atoms with Gasteiger partial charge in [-0.05, 0) is 94.5 Å². The first-order valence-electron chi connectivity index (χ1n) is 25.6. The second-order valence-corrected chi connectivity index (χ2v) is 22.0. The molecule has 2 heterocycles. The average molecular weight is 1020 g/mol. The summed E-state index contributed by atoms with van der Waals surface area (Å²) in [5, 5.41) is 10.3. The topological polar surface area (TPSA) is 166 Å². The van der Waals surface area contributed by atoms with E-state index in [1.54, 1.807) is 26.4 Å². The number of carbonyl (C=O) groups excluding carboxylic acids is 1. The van der Waals surface area contributed by atoms with Gasteiger partial charge in [0, 0.05) is 91.5 Å². The maximum absolute atomic E-state index is 13.0. The Hall–Kier alpha value is -4.23. The lowest BCUT2D eigenvalue weighted by atomic mass is 9.82. The largest absolute Gasteiger partial charge is 0.460 e. The summed E-state index contributed by atoms with van der Waals surface area (Å²) < 4.78 is 76.6. The molecule has 3 aliphatic rings. The van der Waals surface area contributed by atoms with Crippen molar-refractivity contribution in [3.63, 3.8) is 0 Å². The molecule has 72 heavy (non-hydrogen) atoms. The third-order valence-electron chi connectivity index (χ3n) is 13.3. The summed E-state index contributed by atoms with van der Waals surface area (Å²) in [6, 6.07) is 11.4. The highest BCUT2D eigenvalue weighted by Gasteiger charge is 2.42. The SMILES string of the molecule is COCCOCCOCCN1C(=CC=C2CCC/C(=C\C=C3\N(CCOCCOCCOC)c4ccc(S(=O)(=O)O)cc4C3(C)C)C2=[N+](CCCO)CCCC(=O)OC(C)(C)C)C(C)(C)c2cc(C)ccc21. The van der Waals surface area contributed by atoms with Gasteiger partial charge in [-0.1, -0.05) is 57.5 Å². The Balaban J connectivity index is 1.60. The van der Waals surface area contributed by atoms with Gasteiger partial charge in [-0.15, -0.1) is 0 Å². The molecule has 1 aliphatic carbocycles. The number of benzene rings is 2. The Bertz CT molecular complexity index is 2400. The van der Waals surface area contributed by atoms with Gasteiger partial charge < -0.3 is 48.1 Å². The third-order valence-corrected chi connectivity index (χ3v) is 14.1. The summed E-state index contributed by atoms with van der Waals surface area (Å²) in [5.41, 5.74) is 9.12. The van der Waals surface area contributed by atoms with Crippen LogP contribution in [0.15, 0.2) is 88.1 Å². The van der Waals surface area contributed by atoms with E-state index in [1.807, 2.05) is 20.8 Å². The van der Waals surface area contributed by atoms with Gasteiger partial charge in [0.2, 0.25) is 5.71 Å². The highest BCUT2D eigenvalue weighted by molar-refractivity contribution is 7.85.